The van der Waals surface area contributed by atoms with Crippen molar-refractivity contribution in [2.75, 3.05) is 0 Å². The van der Waals surface area contributed by atoms with Crippen LogP contribution in [0.15, 0.2) is 0 Å². The average molecular weight is 193 g/mol. The van der Waals surface area contributed by atoms with Crippen LogP contribution in [-0.2, 0) is 10.0 Å². The van der Waals surface area contributed by atoms with Gasteiger partial charge in [-0.1, -0.05) is 34.1 Å². The summed E-state index contributed by atoms with van der Waals surface area (Å²) < 4.78 is 22.3. The molecule has 0 heterocycles. The van der Waals surface area contributed by atoms with Gasteiger partial charge in [-0.25, -0.2) is 13.6 Å². The van der Waals surface area contributed by atoms with Crippen LogP contribution in [0.5, 0.6) is 0 Å². The predicted octanol–water partition coefficient (Wildman–Crippen LogP) is 1.49. The molecule has 2 N–H and O–H groups in total. The molecule has 0 bridgehead atoms. The summed E-state index contributed by atoms with van der Waals surface area (Å²) in [5, 5.41) is 4.70. The molecule has 4 heteroatoms. The highest BCUT2D eigenvalue weighted by Gasteiger charge is 2.32. The van der Waals surface area contributed by atoms with Crippen molar-refractivity contribution in [1.82, 2.24) is 0 Å². The molecule has 0 unspecified atom stereocenters. The highest BCUT2D eigenvalue weighted by Crippen LogP contribution is 2.27. The van der Waals surface area contributed by atoms with Gasteiger partial charge in [-0.05, 0) is 11.8 Å². The maximum Gasteiger partial charge on any atom is 0.212 e. The largest absolute Gasteiger partial charge is 0.228 e. The Hall–Kier alpha value is -0.0900. The third kappa shape index (κ3) is 3.54. The molecule has 12 heavy (non-hydrogen) atoms. The first-order chi connectivity index (χ1) is 5.19. The summed E-state index contributed by atoms with van der Waals surface area (Å²) in [6.07, 6.45) is 1.49. The fourth-order valence-electron chi connectivity index (χ4n) is 1.35. The Balaban J connectivity index is 4.70. The van der Waals surface area contributed by atoms with Gasteiger partial charge in [0.05, 0.1) is 5.25 Å². The van der Waals surface area contributed by atoms with Crippen LogP contribution in [0.1, 0.15) is 40.5 Å². The third-order valence-corrected chi connectivity index (χ3v) is 3.65. The second-order valence-corrected chi connectivity index (χ2v) is 5.98. The smallest absolute Gasteiger partial charge is 0.212 e. The van der Waals surface area contributed by atoms with Gasteiger partial charge in [0.25, 0.3) is 0 Å². The number of rotatable bonds is 3. The van der Waals surface area contributed by atoms with Gasteiger partial charge in [0.2, 0.25) is 10.0 Å². The van der Waals surface area contributed by atoms with Gasteiger partial charge in [-0.3, -0.25) is 0 Å². The summed E-state index contributed by atoms with van der Waals surface area (Å²) in [5.74, 6) is 0. The number of nitrogens with two attached hydrogens (primary N) is 1. The second kappa shape index (κ2) is 3.75. The molecule has 0 radical (unpaired) electrons. The Morgan fingerprint density at radius 1 is 1.33 bits per heavy atom. The van der Waals surface area contributed by atoms with E-state index < -0.39 is 15.3 Å². The molecule has 3 nitrogen and oxygen atoms in total. The summed E-state index contributed by atoms with van der Waals surface area (Å²) in [7, 11) is -3.38. The molecule has 0 aliphatic carbocycles. The van der Waals surface area contributed by atoms with E-state index in [-0.39, 0.29) is 5.41 Å². The molecule has 0 aromatic carbocycles. The predicted molar refractivity (Wildman–Crippen MR) is 51.3 cm³/mol. The lowest BCUT2D eigenvalue weighted by Crippen LogP contribution is -2.38. The van der Waals surface area contributed by atoms with Gasteiger partial charge in [-0.15, -0.1) is 0 Å². The highest BCUT2D eigenvalue weighted by atomic mass is 32.2. The van der Waals surface area contributed by atoms with Gasteiger partial charge in [0.15, 0.2) is 0 Å². The maximum atomic E-state index is 11.1. The summed E-state index contributed by atoms with van der Waals surface area (Å²) in [6, 6.07) is 0. The van der Waals surface area contributed by atoms with Crippen molar-refractivity contribution in [3.63, 3.8) is 0 Å². The van der Waals surface area contributed by atoms with Crippen LogP contribution >= 0.6 is 0 Å². The minimum Gasteiger partial charge on any atom is -0.228 e. The van der Waals surface area contributed by atoms with E-state index in [1.165, 1.54) is 0 Å². The molecule has 0 aromatic heterocycles. The van der Waals surface area contributed by atoms with Crippen LogP contribution in [0.25, 0.3) is 0 Å². The molecule has 0 rings (SSSR count). The fraction of sp³-hybridized carbons (Fsp3) is 1.00. The summed E-state index contributed by atoms with van der Waals surface area (Å²) in [5.41, 5.74) is -0.260. The van der Waals surface area contributed by atoms with Gasteiger partial charge >= 0.3 is 0 Å². The van der Waals surface area contributed by atoms with Crippen LogP contribution < -0.4 is 5.14 Å². The molecule has 0 aliphatic heterocycles. The normalized spacial score (nSPS) is 16.1. The molecular formula is C8H19NO2S. The highest BCUT2D eigenvalue weighted by molar-refractivity contribution is 7.89. The van der Waals surface area contributed by atoms with Crippen molar-refractivity contribution in [3.8, 4) is 0 Å². The zero-order valence-corrected chi connectivity index (χ0v) is 9.11. The Labute approximate surface area is 75.4 Å². The van der Waals surface area contributed by atoms with Crippen molar-refractivity contribution < 1.29 is 8.42 Å². The zero-order valence-electron chi connectivity index (χ0n) is 8.29. The lowest BCUT2D eigenvalue weighted by atomic mass is 9.89. The minimum absolute atomic E-state index is 0.260. The van der Waals surface area contributed by atoms with Gasteiger partial charge in [0, 0.05) is 0 Å². The van der Waals surface area contributed by atoms with E-state index in [9.17, 15) is 8.42 Å². The van der Waals surface area contributed by atoms with E-state index in [1.54, 1.807) is 0 Å². The van der Waals surface area contributed by atoms with E-state index >= 15 is 0 Å². The van der Waals surface area contributed by atoms with Crippen LogP contribution in [0.4, 0.5) is 0 Å². The summed E-state index contributed by atoms with van der Waals surface area (Å²) in [6.45, 7) is 7.66. The van der Waals surface area contributed by atoms with Crippen molar-refractivity contribution >= 4 is 10.0 Å². The summed E-state index contributed by atoms with van der Waals surface area (Å²) >= 11 is 0. The number of primary sulfonamides is 1. The third-order valence-electron chi connectivity index (χ3n) is 1.91. The number of hydrogen-bond acceptors (Lipinski definition) is 2. The summed E-state index contributed by atoms with van der Waals surface area (Å²) in [4.78, 5) is 0. The van der Waals surface area contributed by atoms with Crippen LogP contribution in [-0.4, -0.2) is 13.7 Å². The molecule has 0 saturated heterocycles. The van der Waals surface area contributed by atoms with E-state index in [4.69, 9.17) is 5.14 Å². The molecule has 0 aromatic rings. The Morgan fingerprint density at radius 3 is 1.83 bits per heavy atom. The van der Waals surface area contributed by atoms with E-state index in [0.717, 1.165) is 6.42 Å². The van der Waals surface area contributed by atoms with Crippen LogP contribution in [0.2, 0.25) is 0 Å². The monoisotopic (exact) mass is 193 g/mol. The lowest BCUT2D eigenvalue weighted by molar-refractivity contribution is 0.361. The molecular weight excluding hydrogens is 174 g/mol. The first-order valence-electron chi connectivity index (χ1n) is 4.21. The molecule has 0 spiro atoms. The molecule has 1 atom stereocenters. The minimum atomic E-state index is -3.38. The standard InChI is InChI=1S/C8H19NO2S/c1-5-6-7(8(2,3)4)12(9,10)11/h7H,5-6H2,1-4H3,(H2,9,10,11)/t7-/m0/s1. The Morgan fingerprint density at radius 2 is 1.75 bits per heavy atom. The van der Waals surface area contributed by atoms with Crippen LogP contribution in [0.3, 0.4) is 0 Å². The quantitative estimate of drug-likeness (QED) is 0.738. The Kier molecular flexibility index (Phi) is 3.72. The maximum absolute atomic E-state index is 11.1. The zero-order chi connectivity index (χ0) is 9.99. The van der Waals surface area contributed by atoms with Crippen LogP contribution in [0, 0.1) is 5.41 Å². The van der Waals surface area contributed by atoms with Crippen molar-refractivity contribution in [1.29, 1.82) is 0 Å². The van der Waals surface area contributed by atoms with Crippen molar-refractivity contribution in [2.45, 2.75) is 45.8 Å². The molecule has 74 valence electrons. The first kappa shape index (κ1) is 11.9. The van der Waals surface area contributed by atoms with Gasteiger partial charge in [0.1, 0.15) is 0 Å². The van der Waals surface area contributed by atoms with E-state index in [0.29, 0.717) is 6.42 Å². The molecule has 0 amide bonds. The van der Waals surface area contributed by atoms with E-state index in [1.807, 2.05) is 27.7 Å². The molecule has 0 fully saturated rings. The molecule has 0 aliphatic rings. The van der Waals surface area contributed by atoms with Gasteiger partial charge in [-0.2, -0.15) is 0 Å². The second-order valence-electron chi connectivity index (χ2n) is 4.23. The SMILES string of the molecule is CCC[C@@H](C(C)(C)C)S(N)(=O)=O. The van der Waals surface area contributed by atoms with Gasteiger partial charge < -0.3 is 0 Å². The average Bonchev–Trinajstić information content (AvgIpc) is 1.77. The first-order valence-corrected chi connectivity index (χ1v) is 5.82. The number of sulfonamides is 1. The van der Waals surface area contributed by atoms with Crippen molar-refractivity contribution in [2.24, 2.45) is 10.6 Å². The van der Waals surface area contributed by atoms with Crippen molar-refractivity contribution in [3.05, 3.63) is 0 Å². The Bertz CT molecular complexity index is 226. The number of hydrogen-bond donors (Lipinski definition) is 1. The molecule has 0 saturated carbocycles. The lowest BCUT2D eigenvalue weighted by Gasteiger charge is -2.28. The van der Waals surface area contributed by atoms with E-state index in [2.05, 4.69) is 0 Å². The fourth-order valence-corrected chi connectivity index (χ4v) is 2.90. The topological polar surface area (TPSA) is 60.2 Å².